The van der Waals surface area contributed by atoms with Crippen molar-refractivity contribution in [1.29, 1.82) is 0 Å². The van der Waals surface area contributed by atoms with Crippen LogP contribution in [-0.4, -0.2) is 39.8 Å². The number of nitrogens with one attached hydrogen (secondary N) is 1. The number of hydrogen-bond acceptors (Lipinski definition) is 5. The summed E-state index contributed by atoms with van der Waals surface area (Å²) >= 11 is 5.94. The molecule has 0 aliphatic rings. The van der Waals surface area contributed by atoms with Crippen molar-refractivity contribution in [2.45, 2.75) is 30.7 Å². The number of benzene rings is 1. The van der Waals surface area contributed by atoms with Gasteiger partial charge < -0.3 is 14.6 Å². The van der Waals surface area contributed by atoms with E-state index in [0.29, 0.717) is 6.42 Å². The van der Waals surface area contributed by atoms with Crippen LogP contribution in [0.25, 0.3) is 0 Å². The van der Waals surface area contributed by atoms with Gasteiger partial charge in [0.1, 0.15) is 22.4 Å². The molecule has 2 N–H and O–H groups in total. The molecule has 7 nitrogen and oxygen atoms in total. The van der Waals surface area contributed by atoms with Crippen molar-refractivity contribution in [2.24, 2.45) is 0 Å². The van der Waals surface area contributed by atoms with Crippen LogP contribution in [0.5, 0.6) is 11.5 Å². The summed E-state index contributed by atoms with van der Waals surface area (Å²) in [4.78, 5) is 10.9. The number of carboxylic acid groups (broad SMARTS) is 1. The fourth-order valence-electron chi connectivity index (χ4n) is 1.81. The second-order valence-electron chi connectivity index (χ2n) is 4.44. The number of hydrogen-bond donors (Lipinski definition) is 2. The molecule has 1 unspecified atom stereocenters. The fraction of sp³-hybridized carbons (Fsp3) is 0.462. The Hall–Kier alpha value is -1.51. The fourth-order valence-corrected chi connectivity index (χ4v) is 3.52. The van der Waals surface area contributed by atoms with Gasteiger partial charge in [0.25, 0.3) is 0 Å². The smallest absolute Gasteiger partial charge is 0.321 e. The normalized spacial score (nSPS) is 12.7. The van der Waals surface area contributed by atoms with Gasteiger partial charge in [0, 0.05) is 6.07 Å². The molecule has 0 fully saturated rings. The summed E-state index contributed by atoms with van der Waals surface area (Å²) in [6.45, 7) is 1.76. The zero-order chi connectivity index (χ0) is 16.9. The SMILES string of the molecule is CCCC(NS(=O)(=O)c1cc(Cl)c(OC)cc1OC)C(=O)O. The van der Waals surface area contributed by atoms with E-state index >= 15 is 0 Å². The van der Waals surface area contributed by atoms with Gasteiger partial charge in [-0.1, -0.05) is 24.9 Å². The number of methoxy groups -OCH3 is 2. The first-order chi connectivity index (χ1) is 10.3. The lowest BCUT2D eigenvalue weighted by atomic mass is 10.2. The summed E-state index contributed by atoms with van der Waals surface area (Å²) in [5.74, 6) is -0.987. The Balaban J connectivity index is 3.27. The number of sulfonamides is 1. The maximum absolute atomic E-state index is 12.4. The highest BCUT2D eigenvalue weighted by atomic mass is 35.5. The first kappa shape index (κ1) is 18.5. The monoisotopic (exact) mass is 351 g/mol. The number of carboxylic acids is 1. The van der Waals surface area contributed by atoms with Gasteiger partial charge in [0.2, 0.25) is 10.0 Å². The first-order valence-corrected chi connectivity index (χ1v) is 8.29. The molecule has 0 spiro atoms. The van der Waals surface area contributed by atoms with E-state index in [1.807, 2.05) is 0 Å². The topological polar surface area (TPSA) is 102 Å². The molecule has 0 radical (unpaired) electrons. The summed E-state index contributed by atoms with van der Waals surface area (Å²) in [5, 5.41) is 9.15. The van der Waals surface area contributed by atoms with Crippen LogP contribution >= 0.6 is 11.6 Å². The minimum Gasteiger partial charge on any atom is -0.495 e. The second-order valence-corrected chi connectivity index (χ2v) is 6.53. The van der Waals surface area contributed by atoms with E-state index < -0.39 is 22.0 Å². The van der Waals surface area contributed by atoms with Gasteiger partial charge in [-0.15, -0.1) is 0 Å². The molecule has 0 aliphatic carbocycles. The van der Waals surface area contributed by atoms with Crippen molar-refractivity contribution in [1.82, 2.24) is 4.72 Å². The lowest BCUT2D eigenvalue weighted by Crippen LogP contribution is -2.40. The minimum absolute atomic E-state index is 0.00869. The minimum atomic E-state index is -4.11. The van der Waals surface area contributed by atoms with Crippen LogP contribution in [0, 0.1) is 0 Å². The highest BCUT2D eigenvalue weighted by molar-refractivity contribution is 7.89. The lowest BCUT2D eigenvalue weighted by Gasteiger charge is -2.16. The van der Waals surface area contributed by atoms with Crippen molar-refractivity contribution >= 4 is 27.6 Å². The van der Waals surface area contributed by atoms with E-state index in [9.17, 15) is 13.2 Å². The van der Waals surface area contributed by atoms with E-state index in [0.717, 1.165) is 6.07 Å². The van der Waals surface area contributed by atoms with Crippen molar-refractivity contribution in [3.05, 3.63) is 17.2 Å². The van der Waals surface area contributed by atoms with E-state index in [4.69, 9.17) is 26.2 Å². The molecule has 1 atom stereocenters. The Morgan fingerprint density at radius 3 is 2.36 bits per heavy atom. The largest absolute Gasteiger partial charge is 0.495 e. The average molecular weight is 352 g/mol. The third-order valence-corrected chi connectivity index (χ3v) is 4.69. The highest BCUT2D eigenvalue weighted by Gasteiger charge is 2.28. The number of aliphatic carboxylic acids is 1. The molecule has 0 saturated carbocycles. The number of carbonyl (C=O) groups is 1. The standard InChI is InChI=1S/C13H18ClNO6S/c1-4-5-9(13(16)17)15-22(18,19)12-6-8(14)10(20-2)7-11(12)21-3/h6-7,9,15H,4-5H2,1-3H3,(H,16,17). The third kappa shape index (κ3) is 4.25. The van der Waals surface area contributed by atoms with E-state index in [1.165, 1.54) is 20.3 Å². The van der Waals surface area contributed by atoms with Gasteiger partial charge in [-0.25, -0.2) is 8.42 Å². The van der Waals surface area contributed by atoms with Gasteiger partial charge in [0.15, 0.2) is 0 Å². The Morgan fingerprint density at radius 2 is 1.91 bits per heavy atom. The Labute approximate surface area is 134 Å². The maximum atomic E-state index is 12.4. The number of ether oxygens (including phenoxy) is 2. The van der Waals surface area contributed by atoms with Gasteiger partial charge in [-0.2, -0.15) is 4.72 Å². The van der Waals surface area contributed by atoms with Crippen LogP contribution < -0.4 is 14.2 Å². The van der Waals surface area contributed by atoms with Gasteiger partial charge in [-0.05, 0) is 12.5 Å². The van der Waals surface area contributed by atoms with E-state index in [-0.39, 0.29) is 27.8 Å². The molecular weight excluding hydrogens is 334 g/mol. The molecule has 22 heavy (non-hydrogen) atoms. The van der Waals surface area contributed by atoms with Crippen LogP contribution in [0.15, 0.2) is 17.0 Å². The van der Waals surface area contributed by atoms with Crippen LogP contribution in [0.2, 0.25) is 5.02 Å². The molecule has 0 aromatic heterocycles. The van der Waals surface area contributed by atoms with Crippen LogP contribution in [-0.2, 0) is 14.8 Å². The molecule has 0 saturated heterocycles. The summed E-state index contributed by atoms with van der Waals surface area (Å²) in [6, 6.07) is 1.26. The van der Waals surface area contributed by atoms with Crippen molar-refractivity contribution in [2.75, 3.05) is 14.2 Å². The Morgan fingerprint density at radius 1 is 1.32 bits per heavy atom. The Kier molecular flexibility index (Phi) is 6.46. The number of halogens is 1. The van der Waals surface area contributed by atoms with Crippen LogP contribution in [0.1, 0.15) is 19.8 Å². The second kappa shape index (κ2) is 7.66. The predicted molar refractivity (Wildman–Crippen MR) is 81.2 cm³/mol. The quantitative estimate of drug-likeness (QED) is 0.741. The van der Waals surface area contributed by atoms with Gasteiger partial charge >= 0.3 is 5.97 Å². The zero-order valence-electron chi connectivity index (χ0n) is 12.4. The van der Waals surface area contributed by atoms with E-state index in [2.05, 4.69) is 4.72 Å². The lowest BCUT2D eigenvalue weighted by molar-refractivity contribution is -0.139. The molecule has 124 valence electrons. The van der Waals surface area contributed by atoms with Crippen molar-refractivity contribution in [3.8, 4) is 11.5 Å². The highest BCUT2D eigenvalue weighted by Crippen LogP contribution is 2.35. The number of rotatable bonds is 8. The molecule has 0 amide bonds. The molecular formula is C13H18ClNO6S. The average Bonchev–Trinajstić information content (AvgIpc) is 2.46. The maximum Gasteiger partial charge on any atom is 0.321 e. The summed E-state index contributed by atoms with van der Waals surface area (Å²) < 4.78 is 37.0. The molecule has 1 rings (SSSR count). The summed E-state index contributed by atoms with van der Waals surface area (Å²) in [6.07, 6.45) is 0.681. The zero-order valence-corrected chi connectivity index (χ0v) is 14.0. The van der Waals surface area contributed by atoms with Crippen molar-refractivity contribution in [3.63, 3.8) is 0 Å². The van der Waals surface area contributed by atoms with Crippen molar-refractivity contribution < 1.29 is 27.8 Å². The van der Waals surface area contributed by atoms with Crippen LogP contribution in [0.4, 0.5) is 0 Å². The molecule has 0 heterocycles. The summed E-state index contributed by atoms with van der Waals surface area (Å²) in [7, 11) is -1.43. The predicted octanol–water partition coefficient (Wildman–Crippen LogP) is 1.89. The molecule has 1 aromatic rings. The molecule has 0 bridgehead atoms. The molecule has 0 aliphatic heterocycles. The van der Waals surface area contributed by atoms with Gasteiger partial charge in [-0.3, -0.25) is 4.79 Å². The van der Waals surface area contributed by atoms with E-state index in [1.54, 1.807) is 6.92 Å². The van der Waals surface area contributed by atoms with Crippen LogP contribution in [0.3, 0.4) is 0 Å². The van der Waals surface area contributed by atoms with Gasteiger partial charge in [0.05, 0.1) is 19.2 Å². The third-order valence-electron chi connectivity index (χ3n) is 2.90. The Bertz CT molecular complexity index is 646. The summed E-state index contributed by atoms with van der Waals surface area (Å²) in [5.41, 5.74) is 0. The first-order valence-electron chi connectivity index (χ1n) is 6.43. The molecule has 1 aromatic carbocycles. The molecule has 9 heteroatoms.